The molecule has 178 valence electrons. The summed E-state index contributed by atoms with van der Waals surface area (Å²) in [5.74, 6) is 4.28. The molecule has 0 amide bonds. The zero-order valence-electron chi connectivity index (χ0n) is 19.6. The van der Waals surface area contributed by atoms with Crippen LogP contribution in [0.2, 0.25) is 0 Å². The van der Waals surface area contributed by atoms with Gasteiger partial charge >= 0.3 is 0 Å². The van der Waals surface area contributed by atoms with Gasteiger partial charge in [0.1, 0.15) is 17.9 Å². The lowest BCUT2D eigenvalue weighted by Crippen LogP contribution is -2.37. The van der Waals surface area contributed by atoms with Crippen molar-refractivity contribution in [2.75, 3.05) is 44.8 Å². The molecule has 1 aliphatic heterocycles. The molecule has 0 aliphatic carbocycles. The summed E-state index contributed by atoms with van der Waals surface area (Å²) < 4.78 is 13.1. The molecule has 0 atom stereocenters. The second-order valence-electron chi connectivity index (χ2n) is 8.36. The molecule has 1 N–H and O–H groups in total. The van der Waals surface area contributed by atoms with E-state index in [1.807, 2.05) is 36.4 Å². The van der Waals surface area contributed by atoms with Crippen molar-refractivity contribution in [2.45, 2.75) is 13.0 Å². The lowest BCUT2D eigenvalue weighted by Gasteiger charge is -2.26. The summed E-state index contributed by atoms with van der Waals surface area (Å²) in [5, 5.41) is 8.77. The lowest BCUT2D eigenvalue weighted by atomic mass is 10.2. The molecule has 2 aromatic heterocycles. The third kappa shape index (κ3) is 5.60. The number of nitrogens with zero attached hydrogens (tertiary/aromatic N) is 5. The number of nitrogens with one attached hydrogen (secondary N) is 1. The zero-order valence-corrected chi connectivity index (χ0v) is 19.6. The number of aromatic nitrogens is 4. The molecular weight excluding hydrogens is 440 g/mol. The van der Waals surface area contributed by atoms with Crippen LogP contribution < -0.4 is 10.1 Å². The topological polar surface area (TPSA) is 77.3 Å². The van der Waals surface area contributed by atoms with E-state index in [4.69, 9.17) is 15.9 Å². The van der Waals surface area contributed by atoms with Crippen LogP contribution in [-0.2, 0) is 11.3 Å². The van der Waals surface area contributed by atoms with Gasteiger partial charge < -0.3 is 14.8 Å². The van der Waals surface area contributed by atoms with Gasteiger partial charge in [0.2, 0.25) is 0 Å². The molecule has 0 saturated carbocycles. The molecule has 8 heteroatoms. The standard InChI is InChI=1S/C27H28N6O2/c1-2-21-5-3-6-23(17-21)33-27-25(19-31-33)26(29-20-30-27)28-18-22-7-9-24(10-8-22)35-14-4-11-32-12-15-34-16-13-32/h1,3,5-10,17,19-20H,4,11-16,18H2,(H,28,29,30). The molecule has 1 aliphatic rings. The van der Waals surface area contributed by atoms with Crippen molar-refractivity contribution < 1.29 is 9.47 Å². The van der Waals surface area contributed by atoms with Crippen LogP contribution in [0.1, 0.15) is 17.5 Å². The normalized spacial score (nSPS) is 14.0. The number of ether oxygens (including phenoxy) is 2. The number of fused-ring (bicyclic) bond motifs is 1. The maximum Gasteiger partial charge on any atom is 0.168 e. The minimum Gasteiger partial charge on any atom is -0.494 e. The SMILES string of the molecule is C#Cc1cccc(-n2ncc3c(NCc4ccc(OCCCN5CCOCC5)cc4)ncnc32)c1. The van der Waals surface area contributed by atoms with Crippen LogP contribution in [0.4, 0.5) is 5.82 Å². The van der Waals surface area contributed by atoms with Gasteiger partial charge in [0, 0.05) is 31.7 Å². The first-order valence-electron chi connectivity index (χ1n) is 11.8. The molecule has 5 rings (SSSR count). The molecule has 0 unspecified atom stereocenters. The predicted molar refractivity (Wildman–Crippen MR) is 136 cm³/mol. The summed E-state index contributed by atoms with van der Waals surface area (Å²) in [5.41, 5.74) is 3.51. The number of morpholine rings is 1. The van der Waals surface area contributed by atoms with Gasteiger partial charge in [-0.25, -0.2) is 14.6 Å². The molecule has 1 fully saturated rings. The van der Waals surface area contributed by atoms with E-state index in [2.05, 4.69) is 43.3 Å². The number of hydrogen-bond acceptors (Lipinski definition) is 7. The highest BCUT2D eigenvalue weighted by Gasteiger charge is 2.12. The first-order valence-corrected chi connectivity index (χ1v) is 11.8. The fourth-order valence-corrected chi connectivity index (χ4v) is 4.09. The molecule has 0 bridgehead atoms. The maximum absolute atomic E-state index is 5.91. The van der Waals surface area contributed by atoms with Gasteiger partial charge in [-0.15, -0.1) is 6.42 Å². The number of anilines is 1. The summed E-state index contributed by atoms with van der Waals surface area (Å²) in [6.45, 7) is 6.08. The van der Waals surface area contributed by atoms with Crippen LogP contribution in [0, 0.1) is 12.3 Å². The molecule has 8 nitrogen and oxygen atoms in total. The van der Waals surface area contributed by atoms with Gasteiger partial charge in [-0.05, 0) is 42.3 Å². The third-order valence-corrected chi connectivity index (χ3v) is 6.00. The summed E-state index contributed by atoms with van der Waals surface area (Å²) >= 11 is 0. The van der Waals surface area contributed by atoms with Crippen molar-refractivity contribution >= 4 is 16.9 Å². The van der Waals surface area contributed by atoms with Crippen LogP contribution in [-0.4, -0.2) is 64.1 Å². The molecule has 1 saturated heterocycles. The van der Waals surface area contributed by atoms with Crippen LogP contribution >= 0.6 is 0 Å². The van der Waals surface area contributed by atoms with Crippen LogP contribution in [0.25, 0.3) is 16.7 Å². The Kier molecular flexibility index (Phi) is 7.18. The van der Waals surface area contributed by atoms with E-state index in [0.717, 1.165) is 78.7 Å². The van der Waals surface area contributed by atoms with E-state index in [-0.39, 0.29) is 0 Å². The molecule has 35 heavy (non-hydrogen) atoms. The molecule has 3 heterocycles. The monoisotopic (exact) mass is 468 g/mol. The predicted octanol–water partition coefficient (Wildman–Crippen LogP) is 3.51. The Morgan fingerprint density at radius 1 is 1.09 bits per heavy atom. The Bertz CT molecular complexity index is 1310. The number of terminal acetylenes is 1. The Morgan fingerprint density at radius 3 is 2.77 bits per heavy atom. The van der Waals surface area contributed by atoms with E-state index in [9.17, 15) is 0 Å². The Morgan fingerprint density at radius 2 is 1.94 bits per heavy atom. The first-order chi connectivity index (χ1) is 17.3. The Balaban J connectivity index is 1.17. The minimum absolute atomic E-state index is 0.626. The average Bonchev–Trinajstić information content (AvgIpc) is 3.36. The number of benzene rings is 2. The van der Waals surface area contributed by atoms with Crippen LogP contribution in [0.15, 0.2) is 61.1 Å². The summed E-state index contributed by atoms with van der Waals surface area (Å²) in [4.78, 5) is 11.3. The molecule has 0 spiro atoms. The number of hydrogen-bond donors (Lipinski definition) is 1. The van der Waals surface area contributed by atoms with Gasteiger partial charge in [-0.2, -0.15) is 5.10 Å². The Hall–Kier alpha value is -3.93. The summed E-state index contributed by atoms with van der Waals surface area (Å²) in [6, 6.07) is 15.8. The van der Waals surface area contributed by atoms with E-state index < -0.39 is 0 Å². The van der Waals surface area contributed by atoms with Crippen molar-refractivity contribution in [3.05, 3.63) is 72.2 Å². The van der Waals surface area contributed by atoms with Crippen molar-refractivity contribution in [3.63, 3.8) is 0 Å². The quantitative estimate of drug-likeness (QED) is 0.298. The van der Waals surface area contributed by atoms with E-state index in [0.29, 0.717) is 13.2 Å². The fraction of sp³-hybridized carbons (Fsp3) is 0.296. The highest BCUT2D eigenvalue weighted by Crippen LogP contribution is 2.23. The molecular formula is C27H28N6O2. The molecule has 2 aromatic carbocycles. The second-order valence-corrected chi connectivity index (χ2v) is 8.36. The highest BCUT2D eigenvalue weighted by atomic mass is 16.5. The smallest absolute Gasteiger partial charge is 0.168 e. The Labute approximate surface area is 204 Å². The fourth-order valence-electron chi connectivity index (χ4n) is 4.09. The maximum atomic E-state index is 5.91. The highest BCUT2D eigenvalue weighted by molar-refractivity contribution is 5.87. The van der Waals surface area contributed by atoms with E-state index in [1.54, 1.807) is 17.2 Å². The van der Waals surface area contributed by atoms with Crippen molar-refractivity contribution in [3.8, 4) is 23.8 Å². The first kappa shape index (κ1) is 22.8. The van der Waals surface area contributed by atoms with Gasteiger partial charge in [0.15, 0.2) is 5.65 Å². The largest absolute Gasteiger partial charge is 0.494 e. The minimum atomic E-state index is 0.626. The van der Waals surface area contributed by atoms with E-state index in [1.165, 1.54) is 0 Å². The lowest BCUT2D eigenvalue weighted by molar-refractivity contribution is 0.0358. The van der Waals surface area contributed by atoms with Gasteiger partial charge in [0.05, 0.1) is 37.1 Å². The zero-order chi connectivity index (χ0) is 23.9. The van der Waals surface area contributed by atoms with Crippen LogP contribution in [0.5, 0.6) is 5.75 Å². The van der Waals surface area contributed by atoms with Crippen LogP contribution in [0.3, 0.4) is 0 Å². The van der Waals surface area contributed by atoms with E-state index >= 15 is 0 Å². The third-order valence-electron chi connectivity index (χ3n) is 6.00. The van der Waals surface area contributed by atoms with Gasteiger partial charge in [-0.3, -0.25) is 4.90 Å². The summed E-state index contributed by atoms with van der Waals surface area (Å²) in [6.07, 6.45) is 9.87. The van der Waals surface area contributed by atoms with Crippen molar-refractivity contribution in [1.82, 2.24) is 24.6 Å². The molecule has 0 radical (unpaired) electrons. The second kappa shape index (κ2) is 11.0. The van der Waals surface area contributed by atoms with Gasteiger partial charge in [-0.1, -0.05) is 24.1 Å². The van der Waals surface area contributed by atoms with Gasteiger partial charge in [0.25, 0.3) is 0 Å². The number of rotatable bonds is 9. The van der Waals surface area contributed by atoms with Crippen molar-refractivity contribution in [1.29, 1.82) is 0 Å². The average molecular weight is 469 g/mol. The molecule has 4 aromatic rings. The summed E-state index contributed by atoms with van der Waals surface area (Å²) in [7, 11) is 0. The van der Waals surface area contributed by atoms with Crippen molar-refractivity contribution in [2.24, 2.45) is 0 Å².